The van der Waals surface area contributed by atoms with Gasteiger partial charge in [-0.15, -0.1) is 0 Å². The van der Waals surface area contributed by atoms with Crippen LogP contribution >= 0.6 is 11.6 Å². The second-order valence-corrected chi connectivity index (χ2v) is 7.96. The Hall–Kier alpha value is -2.06. The van der Waals surface area contributed by atoms with Crippen LogP contribution in [0.5, 0.6) is 11.6 Å². The molecule has 0 atom stereocenters. The summed E-state index contributed by atoms with van der Waals surface area (Å²) in [5, 5.41) is 4.72. The van der Waals surface area contributed by atoms with E-state index in [0.29, 0.717) is 23.1 Å². The number of sulfonamides is 1. The minimum Gasteiger partial charge on any atom is -0.437 e. The number of hydrogen-bond donors (Lipinski definition) is 1. The van der Waals surface area contributed by atoms with Crippen LogP contribution in [0.3, 0.4) is 0 Å². The van der Waals surface area contributed by atoms with Crippen LogP contribution in [0.25, 0.3) is 0 Å². The van der Waals surface area contributed by atoms with Crippen LogP contribution in [0.15, 0.2) is 18.2 Å². The first-order valence-corrected chi connectivity index (χ1v) is 9.81. The zero-order valence-corrected chi connectivity index (χ0v) is 16.0. The number of aromatic nitrogens is 2. The second-order valence-electron chi connectivity index (χ2n) is 5.80. The summed E-state index contributed by atoms with van der Waals surface area (Å²) in [5.41, 5.74) is 2.58. The van der Waals surface area contributed by atoms with Crippen molar-refractivity contribution < 1.29 is 17.9 Å². The SMILES string of the molecule is Cc1nn(C)c(Oc2cc(CCC(=O)NS(C)(=O)=O)ccc2Cl)c1C. The van der Waals surface area contributed by atoms with E-state index in [1.165, 1.54) is 0 Å². The number of rotatable bonds is 6. The Bertz CT molecular complexity index is 906. The Balaban J connectivity index is 2.13. The molecule has 2 aromatic rings. The molecule has 0 fully saturated rings. The van der Waals surface area contributed by atoms with E-state index in [9.17, 15) is 13.2 Å². The van der Waals surface area contributed by atoms with Gasteiger partial charge in [-0.25, -0.2) is 13.1 Å². The lowest BCUT2D eigenvalue weighted by atomic mass is 10.1. The molecule has 1 amide bonds. The van der Waals surface area contributed by atoms with Crippen molar-refractivity contribution in [2.75, 3.05) is 6.26 Å². The summed E-state index contributed by atoms with van der Waals surface area (Å²) >= 11 is 6.19. The highest BCUT2D eigenvalue weighted by Crippen LogP contribution is 2.32. The normalized spacial score (nSPS) is 11.4. The number of nitrogens with zero attached hydrogens (tertiary/aromatic N) is 2. The number of aryl methyl sites for hydroxylation is 3. The minimum absolute atomic E-state index is 0.0397. The molecule has 1 aromatic heterocycles. The predicted molar refractivity (Wildman–Crippen MR) is 95.5 cm³/mol. The summed E-state index contributed by atoms with van der Waals surface area (Å²) < 4.78 is 31.5. The molecule has 0 aliphatic rings. The molecule has 1 aromatic carbocycles. The molecular weight excluding hydrogens is 366 g/mol. The Labute approximate surface area is 152 Å². The van der Waals surface area contributed by atoms with Gasteiger partial charge in [0.15, 0.2) is 0 Å². The Morgan fingerprint density at radius 1 is 1.36 bits per heavy atom. The summed E-state index contributed by atoms with van der Waals surface area (Å²) in [4.78, 5) is 11.6. The molecule has 0 aliphatic carbocycles. The Morgan fingerprint density at radius 2 is 2.04 bits per heavy atom. The number of halogens is 1. The van der Waals surface area contributed by atoms with E-state index in [-0.39, 0.29) is 6.42 Å². The average Bonchev–Trinajstić information content (AvgIpc) is 2.72. The zero-order chi connectivity index (χ0) is 18.8. The molecule has 0 saturated heterocycles. The van der Waals surface area contributed by atoms with E-state index in [0.717, 1.165) is 23.1 Å². The van der Waals surface area contributed by atoms with Gasteiger partial charge in [0, 0.05) is 19.0 Å². The smallest absolute Gasteiger partial charge is 0.233 e. The maximum atomic E-state index is 11.6. The van der Waals surface area contributed by atoms with Gasteiger partial charge in [-0.05, 0) is 38.0 Å². The van der Waals surface area contributed by atoms with Crippen LogP contribution in [-0.2, 0) is 28.3 Å². The third-order valence-corrected chi connectivity index (χ3v) is 4.51. The molecule has 25 heavy (non-hydrogen) atoms. The number of benzene rings is 1. The van der Waals surface area contributed by atoms with Crippen molar-refractivity contribution in [3.05, 3.63) is 40.0 Å². The summed E-state index contributed by atoms with van der Waals surface area (Å²) in [6, 6.07) is 5.18. The molecule has 0 spiro atoms. The molecule has 136 valence electrons. The highest BCUT2D eigenvalue weighted by Gasteiger charge is 2.14. The maximum Gasteiger partial charge on any atom is 0.233 e. The monoisotopic (exact) mass is 385 g/mol. The molecular formula is C16H20ClN3O4S. The van der Waals surface area contributed by atoms with E-state index in [2.05, 4.69) is 5.10 Å². The first-order valence-electron chi connectivity index (χ1n) is 7.54. The summed E-state index contributed by atoms with van der Waals surface area (Å²) in [7, 11) is -1.77. The van der Waals surface area contributed by atoms with Crippen LogP contribution in [0.4, 0.5) is 0 Å². The number of nitrogens with one attached hydrogen (secondary N) is 1. The Morgan fingerprint density at radius 3 is 2.60 bits per heavy atom. The second kappa shape index (κ2) is 7.45. The molecule has 0 radical (unpaired) electrons. The average molecular weight is 386 g/mol. The van der Waals surface area contributed by atoms with E-state index in [1.54, 1.807) is 29.9 Å². The first-order chi connectivity index (χ1) is 11.6. The highest BCUT2D eigenvalue weighted by atomic mass is 35.5. The molecule has 1 N–H and O–H groups in total. The summed E-state index contributed by atoms with van der Waals surface area (Å²) in [6.07, 6.45) is 1.34. The Kier molecular flexibility index (Phi) is 5.74. The molecule has 1 heterocycles. The third kappa shape index (κ3) is 5.20. The first kappa shape index (κ1) is 19.3. The van der Waals surface area contributed by atoms with Gasteiger partial charge in [0.1, 0.15) is 5.75 Å². The fourth-order valence-electron chi connectivity index (χ4n) is 2.29. The van der Waals surface area contributed by atoms with Crippen molar-refractivity contribution in [3.63, 3.8) is 0 Å². The van der Waals surface area contributed by atoms with Gasteiger partial charge < -0.3 is 4.74 Å². The molecule has 0 unspecified atom stereocenters. The largest absolute Gasteiger partial charge is 0.437 e. The number of amides is 1. The standard InChI is InChI=1S/C16H20ClN3O4S/c1-10-11(2)18-20(3)16(10)24-14-9-12(5-7-13(14)17)6-8-15(21)19-25(4,22)23/h5,7,9H,6,8H2,1-4H3,(H,19,21). The number of carbonyl (C=O) groups is 1. The molecule has 2 rings (SSSR count). The van der Waals surface area contributed by atoms with Gasteiger partial charge in [0.25, 0.3) is 0 Å². The quantitative estimate of drug-likeness (QED) is 0.824. The predicted octanol–water partition coefficient (Wildman–Crippen LogP) is 2.49. The van der Waals surface area contributed by atoms with Crippen molar-refractivity contribution in [1.82, 2.24) is 14.5 Å². The van der Waals surface area contributed by atoms with Crippen LogP contribution in [0.2, 0.25) is 5.02 Å². The van der Waals surface area contributed by atoms with Gasteiger partial charge >= 0.3 is 0 Å². The summed E-state index contributed by atoms with van der Waals surface area (Å²) in [5.74, 6) is 0.484. The zero-order valence-electron chi connectivity index (χ0n) is 14.5. The number of ether oxygens (including phenoxy) is 1. The lowest BCUT2D eigenvalue weighted by Crippen LogP contribution is -2.29. The lowest BCUT2D eigenvalue weighted by Gasteiger charge is -2.11. The van der Waals surface area contributed by atoms with Gasteiger partial charge in [-0.1, -0.05) is 17.7 Å². The van der Waals surface area contributed by atoms with Gasteiger partial charge in [0.2, 0.25) is 21.8 Å². The lowest BCUT2D eigenvalue weighted by molar-refractivity contribution is -0.119. The molecule has 0 saturated carbocycles. The van der Waals surface area contributed by atoms with Gasteiger partial charge in [-0.2, -0.15) is 5.10 Å². The van der Waals surface area contributed by atoms with Crippen molar-refractivity contribution in [3.8, 4) is 11.6 Å². The highest BCUT2D eigenvalue weighted by molar-refractivity contribution is 7.89. The van der Waals surface area contributed by atoms with Crippen molar-refractivity contribution >= 4 is 27.5 Å². The number of hydrogen-bond acceptors (Lipinski definition) is 5. The fraction of sp³-hybridized carbons (Fsp3) is 0.375. The van der Waals surface area contributed by atoms with Crippen molar-refractivity contribution in [2.45, 2.75) is 26.7 Å². The third-order valence-electron chi connectivity index (χ3n) is 3.60. The van der Waals surface area contributed by atoms with Crippen LogP contribution in [0, 0.1) is 13.8 Å². The van der Waals surface area contributed by atoms with E-state index < -0.39 is 15.9 Å². The van der Waals surface area contributed by atoms with Gasteiger partial charge in [0.05, 0.1) is 17.0 Å². The topological polar surface area (TPSA) is 90.3 Å². The summed E-state index contributed by atoms with van der Waals surface area (Å²) in [6.45, 7) is 3.80. The van der Waals surface area contributed by atoms with E-state index in [4.69, 9.17) is 16.3 Å². The molecule has 7 nitrogen and oxygen atoms in total. The molecule has 0 bridgehead atoms. The van der Waals surface area contributed by atoms with Gasteiger partial charge in [-0.3, -0.25) is 9.52 Å². The van der Waals surface area contributed by atoms with Crippen LogP contribution < -0.4 is 9.46 Å². The molecule has 0 aliphatic heterocycles. The molecule has 9 heteroatoms. The minimum atomic E-state index is -3.55. The van der Waals surface area contributed by atoms with Crippen LogP contribution in [0.1, 0.15) is 23.2 Å². The van der Waals surface area contributed by atoms with Crippen LogP contribution in [-0.4, -0.2) is 30.4 Å². The maximum absolute atomic E-state index is 11.6. The van der Waals surface area contributed by atoms with E-state index in [1.807, 2.05) is 18.6 Å². The van der Waals surface area contributed by atoms with Crippen molar-refractivity contribution in [1.29, 1.82) is 0 Å². The number of carbonyl (C=O) groups excluding carboxylic acids is 1. The van der Waals surface area contributed by atoms with Crippen molar-refractivity contribution in [2.24, 2.45) is 7.05 Å². The fourth-order valence-corrected chi connectivity index (χ4v) is 2.96. The van der Waals surface area contributed by atoms with E-state index >= 15 is 0 Å².